The Morgan fingerprint density at radius 2 is 2.10 bits per heavy atom. The number of rotatable bonds is 3. The molecule has 1 saturated heterocycles. The van der Waals surface area contributed by atoms with Crippen molar-refractivity contribution in [2.75, 3.05) is 32.5 Å². The van der Waals surface area contributed by atoms with Crippen LogP contribution in [0, 0.1) is 0 Å². The van der Waals surface area contributed by atoms with E-state index in [1.165, 1.54) is 23.5 Å². The first-order chi connectivity index (χ1) is 9.45. The summed E-state index contributed by atoms with van der Waals surface area (Å²) in [5, 5.41) is 2.63. The highest BCUT2D eigenvalue weighted by molar-refractivity contribution is 7.89. The van der Waals surface area contributed by atoms with Crippen LogP contribution < -0.4 is 15.8 Å². The van der Waals surface area contributed by atoms with E-state index < -0.39 is 10.0 Å². The molecule has 2 rings (SSSR count). The number of hydrogen-bond acceptors (Lipinski definition) is 5. The van der Waals surface area contributed by atoms with Gasteiger partial charge in [0.05, 0.1) is 12.8 Å². The van der Waals surface area contributed by atoms with Crippen molar-refractivity contribution in [2.24, 2.45) is 0 Å². The molecule has 0 unspecified atom stereocenters. The lowest BCUT2D eigenvalue weighted by atomic mass is 10.3. The van der Waals surface area contributed by atoms with Gasteiger partial charge in [-0.3, -0.25) is 4.79 Å². The number of nitrogens with one attached hydrogen (secondary N) is 1. The Bertz CT molecular complexity index is 615. The lowest BCUT2D eigenvalue weighted by Gasteiger charge is -2.20. The summed E-state index contributed by atoms with van der Waals surface area (Å²) in [5.41, 5.74) is 5.92. The van der Waals surface area contributed by atoms with Gasteiger partial charge >= 0.3 is 0 Å². The topological polar surface area (TPSA) is 102 Å². The number of nitrogen functional groups attached to an aromatic ring is 1. The van der Waals surface area contributed by atoms with Gasteiger partial charge in [0.1, 0.15) is 10.6 Å². The fraction of sp³-hybridized carbons (Fsp3) is 0.417. The number of nitrogens with two attached hydrogens (primary N) is 1. The molecule has 3 N–H and O–H groups in total. The molecule has 1 aliphatic heterocycles. The van der Waals surface area contributed by atoms with E-state index in [2.05, 4.69) is 5.32 Å². The zero-order valence-electron chi connectivity index (χ0n) is 11.1. The predicted octanol–water partition coefficient (Wildman–Crippen LogP) is -0.212. The third kappa shape index (κ3) is 2.86. The van der Waals surface area contributed by atoms with Crippen LogP contribution >= 0.6 is 0 Å². The molecule has 1 heterocycles. The number of hydrogen-bond donors (Lipinski definition) is 2. The van der Waals surface area contributed by atoms with E-state index >= 15 is 0 Å². The SMILES string of the molecule is COc1ccc(S(=O)(=O)N2CCNC(=O)CC2)c(N)c1. The number of carbonyl (C=O) groups is 1. The van der Waals surface area contributed by atoms with Crippen molar-refractivity contribution >= 4 is 21.6 Å². The highest BCUT2D eigenvalue weighted by Crippen LogP contribution is 2.26. The van der Waals surface area contributed by atoms with Crippen LogP contribution in [-0.4, -0.2) is 45.4 Å². The van der Waals surface area contributed by atoms with Crippen molar-refractivity contribution in [3.8, 4) is 5.75 Å². The van der Waals surface area contributed by atoms with Gasteiger partial charge in [0.2, 0.25) is 15.9 Å². The van der Waals surface area contributed by atoms with Crippen molar-refractivity contribution in [2.45, 2.75) is 11.3 Å². The number of carbonyl (C=O) groups excluding carboxylic acids is 1. The molecule has 0 aliphatic carbocycles. The molecule has 20 heavy (non-hydrogen) atoms. The highest BCUT2D eigenvalue weighted by atomic mass is 32.2. The van der Waals surface area contributed by atoms with Crippen LogP contribution in [0.5, 0.6) is 5.75 Å². The molecule has 0 saturated carbocycles. The van der Waals surface area contributed by atoms with E-state index in [-0.39, 0.29) is 36.0 Å². The van der Waals surface area contributed by atoms with E-state index in [4.69, 9.17) is 10.5 Å². The molecule has 1 aromatic carbocycles. The molecule has 0 aromatic heterocycles. The van der Waals surface area contributed by atoms with Crippen LogP contribution in [0.2, 0.25) is 0 Å². The fourth-order valence-electron chi connectivity index (χ4n) is 2.01. The molecule has 0 bridgehead atoms. The Balaban J connectivity index is 2.32. The lowest BCUT2D eigenvalue weighted by molar-refractivity contribution is -0.120. The average molecular weight is 299 g/mol. The number of anilines is 1. The molecule has 1 aromatic rings. The van der Waals surface area contributed by atoms with Crippen LogP contribution in [-0.2, 0) is 14.8 Å². The van der Waals surface area contributed by atoms with Crippen LogP contribution in [0.1, 0.15) is 6.42 Å². The standard InChI is InChI=1S/C12H17N3O4S/c1-19-9-2-3-11(10(13)8-9)20(17,18)15-6-4-12(16)14-5-7-15/h2-3,8H,4-7,13H2,1H3,(H,14,16). The summed E-state index contributed by atoms with van der Waals surface area (Å²) >= 11 is 0. The highest BCUT2D eigenvalue weighted by Gasteiger charge is 2.28. The second-order valence-electron chi connectivity index (χ2n) is 4.41. The van der Waals surface area contributed by atoms with Gasteiger partial charge < -0.3 is 15.8 Å². The summed E-state index contributed by atoms with van der Waals surface area (Å²) in [5.74, 6) is 0.347. The van der Waals surface area contributed by atoms with Crippen molar-refractivity contribution < 1.29 is 17.9 Å². The monoisotopic (exact) mass is 299 g/mol. The minimum Gasteiger partial charge on any atom is -0.497 e. The molecule has 7 nitrogen and oxygen atoms in total. The second-order valence-corrected chi connectivity index (χ2v) is 6.31. The first kappa shape index (κ1) is 14.6. The Hall–Kier alpha value is -1.80. The van der Waals surface area contributed by atoms with E-state index in [9.17, 15) is 13.2 Å². The first-order valence-electron chi connectivity index (χ1n) is 6.15. The predicted molar refractivity (Wildman–Crippen MR) is 73.8 cm³/mol. The zero-order valence-corrected chi connectivity index (χ0v) is 11.9. The lowest BCUT2D eigenvalue weighted by Crippen LogP contribution is -2.34. The summed E-state index contributed by atoms with van der Waals surface area (Å²) in [7, 11) is -2.22. The third-order valence-electron chi connectivity index (χ3n) is 3.11. The van der Waals surface area contributed by atoms with Gasteiger partial charge in [-0.2, -0.15) is 4.31 Å². The summed E-state index contributed by atoms with van der Waals surface area (Å²) < 4.78 is 31.3. The van der Waals surface area contributed by atoms with Crippen molar-refractivity contribution in [1.82, 2.24) is 9.62 Å². The number of sulfonamides is 1. The van der Waals surface area contributed by atoms with Crippen LogP contribution in [0.25, 0.3) is 0 Å². The molecule has 8 heteroatoms. The van der Waals surface area contributed by atoms with Gasteiger partial charge in [0, 0.05) is 32.1 Å². The molecule has 0 radical (unpaired) electrons. The van der Waals surface area contributed by atoms with Gasteiger partial charge in [-0.1, -0.05) is 0 Å². The zero-order chi connectivity index (χ0) is 14.8. The number of benzene rings is 1. The number of methoxy groups -OCH3 is 1. The van der Waals surface area contributed by atoms with Gasteiger partial charge in [0.25, 0.3) is 0 Å². The largest absolute Gasteiger partial charge is 0.497 e. The first-order valence-corrected chi connectivity index (χ1v) is 7.59. The van der Waals surface area contributed by atoms with E-state index in [0.29, 0.717) is 12.3 Å². The Morgan fingerprint density at radius 1 is 1.35 bits per heavy atom. The fourth-order valence-corrected chi connectivity index (χ4v) is 3.55. The van der Waals surface area contributed by atoms with Gasteiger partial charge in [0.15, 0.2) is 0 Å². The van der Waals surface area contributed by atoms with Gasteiger partial charge in [-0.15, -0.1) is 0 Å². The normalized spacial score (nSPS) is 17.4. The van der Waals surface area contributed by atoms with Crippen LogP contribution in [0.4, 0.5) is 5.69 Å². The Morgan fingerprint density at radius 3 is 2.75 bits per heavy atom. The van der Waals surface area contributed by atoms with Gasteiger partial charge in [-0.25, -0.2) is 8.42 Å². The van der Waals surface area contributed by atoms with E-state index in [1.54, 1.807) is 6.07 Å². The van der Waals surface area contributed by atoms with Crippen molar-refractivity contribution in [1.29, 1.82) is 0 Å². The quantitative estimate of drug-likeness (QED) is 0.752. The van der Waals surface area contributed by atoms with E-state index in [1.807, 2.05) is 0 Å². The van der Waals surface area contributed by atoms with Gasteiger partial charge in [-0.05, 0) is 12.1 Å². The summed E-state index contributed by atoms with van der Waals surface area (Å²) in [6.07, 6.45) is 0.148. The number of nitrogens with zero attached hydrogens (tertiary/aromatic N) is 1. The Kier molecular flexibility index (Phi) is 4.15. The average Bonchev–Trinajstić information content (AvgIpc) is 2.63. The third-order valence-corrected chi connectivity index (χ3v) is 5.08. The molecule has 0 spiro atoms. The summed E-state index contributed by atoms with van der Waals surface area (Å²) in [6, 6.07) is 4.43. The van der Waals surface area contributed by atoms with Crippen molar-refractivity contribution in [3.05, 3.63) is 18.2 Å². The molecule has 1 aliphatic rings. The summed E-state index contributed by atoms with van der Waals surface area (Å²) in [6.45, 7) is 0.688. The van der Waals surface area contributed by atoms with Crippen molar-refractivity contribution in [3.63, 3.8) is 0 Å². The maximum Gasteiger partial charge on any atom is 0.245 e. The molecule has 1 fully saturated rings. The minimum atomic E-state index is -3.70. The summed E-state index contributed by atoms with van der Waals surface area (Å²) in [4.78, 5) is 11.3. The molecular formula is C12H17N3O4S. The molecule has 0 atom stereocenters. The maximum atomic E-state index is 12.5. The molecule has 1 amide bonds. The van der Waals surface area contributed by atoms with Crippen LogP contribution in [0.15, 0.2) is 23.1 Å². The second kappa shape index (κ2) is 5.68. The minimum absolute atomic E-state index is 0.0349. The number of amides is 1. The maximum absolute atomic E-state index is 12.5. The molecular weight excluding hydrogens is 282 g/mol. The Labute approximate surface area is 117 Å². The number of ether oxygens (including phenoxy) is 1. The van der Waals surface area contributed by atoms with Crippen LogP contribution in [0.3, 0.4) is 0 Å². The smallest absolute Gasteiger partial charge is 0.245 e. The van der Waals surface area contributed by atoms with E-state index in [0.717, 1.165) is 0 Å². The molecule has 110 valence electrons.